The van der Waals surface area contributed by atoms with Crippen molar-refractivity contribution in [2.24, 2.45) is 0 Å². The van der Waals surface area contributed by atoms with E-state index in [9.17, 15) is 14.4 Å². The topological polar surface area (TPSA) is 101 Å². The summed E-state index contributed by atoms with van der Waals surface area (Å²) in [6.07, 6.45) is 46.5. The van der Waals surface area contributed by atoms with Gasteiger partial charge in [0.15, 0.2) is 0 Å². The number of carboxylic acid groups (broad SMARTS) is 2. The van der Waals surface area contributed by atoms with Crippen LogP contribution >= 0.6 is 0 Å². The van der Waals surface area contributed by atoms with Crippen molar-refractivity contribution in [2.45, 2.75) is 247 Å². The first-order chi connectivity index (χ1) is 26.0. The highest BCUT2D eigenvalue weighted by Crippen LogP contribution is 2.15. The van der Waals surface area contributed by atoms with E-state index >= 15 is 0 Å². The van der Waals surface area contributed by atoms with Crippen molar-refractivity contribution in [3.05, 3.63) is 36.0 Å². The number of esters is 1. The molecule has 0 aliphatic rings. The van der Waals surface area contributed by atoms with Gasteiger partial charge in [0.25, 0.3) is 0 Å². The molecule has 0 spiro atoms. The Kier molecular flexibility index (Phi) is 48.5. The van der Waals surface area contributed by atoms with E-state index in [1.165, 1.54) is 200 Å². The number of aliphatic carboxylic acids is 2. The van der Waals surface area contributed by atoms with Crippen LogP contribution in [-0.4, -0.2) is 34.7 Å². The zero-order valence-electron chi connectivity index (χ0n) is 36.6. The van der Waals surface area contributed by atoms with Crippen molar-refractivity contribution in [1.82, 2.24) is 0 Å². The maximum absolute atomic E-state index is 11.2. The zero-order chi connectivity index (χ0) is 40.9. The molecule has 318 valence electrons. The summed E-state index contributed by atoms with van der Waals surface area (Å²) in [6, 6.07) is 0. The van der Waals surface area contributed by atoms with Crippen LogP contribution < -0.4 is 0 Å². The molecule has 0 fully saturated rings. The number of rotatable bonds is 37. The standard InChI is InChI=1S/2C22H42O2.C4H6O2/c1-4-5-6-7-8-9-10-11-12-13-14-15-16-17-18-19-20-24-22(23)21(2)3;1-3-4-5-6-7-8-9-10-11-12-13-14-15-16-17-18-19-20-21(2)22(23)24;1-3(2)4(5)6/h2,4-20H2,1,3H3;20H,3-19H2,1-2H3,(H,23,24);1H2,2H3,(H,5,6). The van der Waals surface area contributed by atoms with Gasteiger partial charge in [-0.2, -0.15) is 0 Å². The summed E-state index contributed by atoms with van der Waals surface area (Å²) in [5, 5.41) is 16.6. The van der Waals surface area contributed by atoms with E-state index in [2.05, 4.69) is 27.0 Å². The third-order valence-electron chi connectivity index (χ3n) is 9.79. The monoisotopic (exact) mass is 763 g/mol. The van der Waals surface area contributed by atoms with Gasteiger partial charge in [-0.1, -0.05) is 226 Å². The molecular weight excluding hydrogens is 673 g/mol. The van der Waals surface area contributed by atoms with Crippen LogP contribution in [-0.2, 0) is 19.1 Å². The number of unbranched alkanes of at least 4 members (excludes halogenated alkanes) is 31. The van der Waals surface area contributed by atoms with E-state index in [4.69, 9.17) is 14.9 Å². The Balaban J connectivity index is -0.000000835. The van der Waals surface area contributed by atoms with Crippen LogP contribution in [0.15, 0.2) is 36.0 Å². The lowest BCUT2D eigenvalue weighted by atomic mass is 10.0. The summed E-state index contributed by atoms with van der Waals surface area (Å²) in [5.74, 6) is -1.97. The Labute approximate surface area is 335 Å². The van der Waals surface area contributed by atoms with E-state index in [1.807, 2.05) is 6.08 Å². The van der Waals surface area contributed by atoms with Crippen LogP contribution in [0.3, 0.4) is 0 Å². The second-order valence-electron chi connectivity index (χ2n) is 15.6. The molecule has 0 rings (SSSR count). The van der Waals surface area contributed by atoms with Gasteiger partial charge in [0, 0.05) is 16.7 Å². The molecule has 0 aromatic rings. The fraction of sp³-hybridized carbons (Fsp3) is 0.812. The molecular formula is C48H90O6. The number of carbonyl (C=O) groups is 3. The molecule has 0 saturated carbocycles. The fourth-order valence-electron chi connectivity index (χ4n) is 6.04. The lowest BCUT2D eigenvalue weighted by molar-refractivity contribution is -0.139. The largest absolute Gasteiger partial charge is 0.478 e. The third kappa shape index (κ3) is 51.7. The molecule has 54 heavy (non-hydrogen) atoms. The summed E-state index contributed by atoms with van der Waals surface area (Å²) in [4.78, 5) is 31.4. The van der Waals surface area contributed by atoms with Crippen LogP contribution in [0, 0.1) is 0 Å². The average molecular weight is 763 g/mol. The summed E-state index contributed by atoms with van der Waals surface area (Å²) in [5.41, 5.74) is 1.15. The van der Waals surface area contributed by atoms with Crippen molar-refractivity contribution < 1.29 is 29.3 Å². The van der Waals surface area contributed by atoms with Crippen LogP contribution in [0.25, 0.3) is 0 Å². The second-order valence-corrected chi connectivity index (χ2v) is 15.6. The van der Waals surface area contributed by atoms with Crippen molar-refractivity contribution in [3.8, 4) is 0 Å². The zero-order valence-corrected chi connectivity index (χ0v) is 36.6. The molecule has 0 aromatic carbocycles. The number of hydrogen-bond acceptors (Lipinski definition) is 4. The van der Waals surface area contributed by atoms with Gasteiger partial charge < -0.3 is 14.9 Å². The minimum absolute atomic E-state index is 0.176. The highest BCUT2D eigenvalue weighted by molar-refractivity contribution is 5.87. The molecule has 0 amide bonds. The summed E-state index contributed by atoms with van der Waals surface area (Å²) >= 11 is 0. The Morgan fingerprint density at radius 1 is 0.426 bits per heavy atom. The quantitative estimate of drug-likeness (QED) is 0.0371. The van der Waals surface area contributed by atoms with Gasteiger partial charge in [0.2, 0.25) is 0 Å². The molecule has 0 saturated heterocycles. The Hall–Kier alpha value is -2.37. The molecule has 0 heterocycles. The van der Waals surface area contributed by atoms with Crippen molar-refractivity contribution >= 4 is 17.9 Å². The molecule has 0 aliphatic carbocycles. The first-order valence-corrected chi connectivity index (χ1v) is 22.6. The minimum Gasteiger partial charge on any atom is -0.478 e. The fourth-order valence-corrected chi connectivity index (χ4v) is 6.04. The molecule has 0 bridgehead atoms. The summed E-state index contributed by atoms with van der Waals surface area (Å²) in [7, 11) is 0. The molecule has 0 aromatic heterocycles. The van der Waals surface area contributed by atoms with Crippen molar-refractivity contribution in [3.63, 3.8) is 0 Å². The van der Waals surface area contributed by atoms with Gasteiger partial charge in [0.05, 0.1) is 6.61 Å². The molecule has 6 heteroatoms. The van der Waals surface area contributed by atoms with Gasteiger partial charge in [-0.3, -0.25) is 0 Å². The van der Waals surface area contributed by atoms with Gasteiger partial charge in [-0.05, 0) is 40.0 Å². The SMILES string of the molecule is C=C(C)C(=O)O.C=C(C)C(=O)OCCCCCCCCCCCCCCCCCC.CCCCCCCCCCCCCCCCCCC=C(C)C(=O)O. The van der Waals surface area contributed by atoms with Crippen molar-refractivity contribution in [2.75, 3.05) is 6.61 Å². The molecule has 6 nitrogen and oxygen atoms in total. The predicted octanol–water partition coefficient (Wildman–Crippen LogP) is 15.7. The Bertz CT molecular complexity index is 893. The predicted molar refractivity (Wildman–Crippen MR) is 233 cm³/mol. The minimum atomic E-state index is -0.935. The van der Waals surface area contributed by atoms with Gasteiger partial charge in [-0.15, -0.1) is 0 Å². The molecule has 0 atom stereocenters. The summed E-state index contributed by atoms with van der Waals surface area (Å²) in [6.45, 7) is 16.6. The number of carbonyl (C=O) groups excluding carboxylic acids is 1. The number of ether oxygens (including phenoxy) is 1. The second kappa shape index (κ2) is 46.8. The lowest BCUT2D eigenvalue weighted by Crippen LogP contribution is -2.05. The average Bonchev–Trinajstić information content (AvgIpc) is 3.14. The van der Waals surface area contributed by atoms with Gasteiger partial charge >= 0.3 is 17.9 Å². The molecule has 0 radical (unpaired) electrons. The van der Waals surface area contributed by atoms with Crippen LogP contribution in [0.2, 0.25) is 0 Å². The van der Waals surface area contributed by atoms with Gasteiger partial charge in [-0.25, -0.2) is 14.4 Å². The molecule has 0 unspecified atom stereocenters. The van der Waals surface area contributed by atoms with Gasteiger partial charge in [0.1, 0.15) is 0 Å². The first kappa shape index (κ1) is 56.0. The van der Waals surface area contributed by atoms with Crippen LogP contribution in [0.1, 0.15) is 247 Å². The van der Waals surface area contributed by atoms with E-state index < -0.39 is 11.9 Å². The van der Waals surface area contributed by atoms with E-state index in [0.717, 1.165) is 19.3 Å². The Morgan fingerprint density at radius 3 is 0.926 bits per heavy atom. The number of hydrogen-bond donors (Lipinski definition) is 2. The first-order valence-electron chi connectivity index (χ1n) is 22.6. The van der Waals surface area contributed by atoms with Crippen LogP contribution in [0.5, 0.6) is 0 Å². The summed E-state index contributed by atoms with van der Waals surface area (Å²) < 4.78 is 5.08. The number of allylic oxidation sites excluding steroid dienone is 1. The maximum atomic E-state index is 11.2. The number of carboxylic acids is 2. The Morgan fingerprint density at radius 2 is 0.685 bits per heavy atom. The maximum Gasteiger partial charge on any atom is 0.333 e. The smallest absolute Gasteiger partial charge is 0.333 e. The highest BCUT2D eigenvalue weighted by Gasteiger charge is 2.02. The van der Waals surface area contributed by atoms with E-state index in [0.29, 0.717) is 17.8 Å². The molecule has 2 N–H and O–H groups in total. The molecule has 0 aliphatic heterocycles. The lowest BCUT2D eigenvalue weighted by Gasteiger charge is -2.05. The highest BCUT2D eigenvalue weighted by atomic mass is 16.5. The van der Waals surface area contributed by atoms with Crippen molar-refractivity contribution in [1.29, 1.82) is 0 Å². The van der Waals surface area contributed by atoms with Crippen LogP contribution in [0.4, 0.5) is 0 Å². The van der Waals surface area contributed by atoms with E-state index in [1.54, 1.807) is 13.8 Å². The van der Waals surface area contributed by atoms with E-state index in [-0.39, 0.29) is 11.5 Å². The third-order valence-corrected chi connectivity index (χ3v) is 9.79. The normalized spacial score (nSPS) is 10.9.